The first-order valence-electron chi connectivity index (χ1n) is 5.21. The molecule has 1 aliphatic heterocycles. The summed E-state index contributed by atoms with van der Waals surface area (Å²) >= 11 is 1.81. The number of aromatic amines is 1. The zero-order valence-electron chi connectivity index (χ0n) is 8.46. The molecule has 1 unspecified atom stereocenters. The van der Waals surface area contributed by atoms with Gasteiger partial charge in [-0.1, -0.05) is 0 Å². The lowest BCUT2D eigenvalue weighted by molar-refractivity contribution is 0.515. The lowest BCUT2D eigenvalue weighted by atomic mass is 10.2. The standard InChI is InChI=1S/C11H10F2N2S/c12-6-3-4-7-10(9(6)13)15-11(14-7)8-2-1-5-16-8/h3-4,8H,1-2,5H2,(H,14,15). The summed E-state index contributed by atoms with van der Waals surface area (Å²) in [5.74, 6) is 0.174. The second kappa shape index (κ2) is 3.73. The summed E-state index contributed by atoms with van der Waals surface area (Å²) in [5, 5.41) is 0.301. The van der Waals surface area contributed by atoms with E-state index >= 15 is 0 Å². The Labute approximate surface area is 95.4 Å². The van der Waals surface area contributed by atoms with E-state index in [9.17, 15) is 8.78 Å². The number of benzene rings is 1. The molecule has 1 aliphatic rings. The number of aromatic nitrogens is 2. The Morgan fingerprint density at radius 1 is 1.38 bits per heavy atom. The van der Waals surface area contributed by atoms with Gasteiger partial charge in [0.15, 0.2) is 11.6 Å². The topological polar surface area (TPSA) is 28.7 Å². The number of imidazole rings is 1. The van der Waals surface area contributed by atoms with Crippen molar-refractivity contribution in [3.05, 3.63) is 29.6 Å². The minimum atomic E-state index is -0.858. The fourth-order valence-electron chi connectivity index (χ4n) is 1.98. The van der Waals surface area contributed by atoms with E-state index in [2.05, 4.69) is 9.97 Å². The van der Waals surface area contributed by atoms with Gasteiger partial charge in [0.25, 0.3) is 0 Å². The van der Waals surface area contributed by atoms with Crippen LogP contribution in [-0.4, -0.2) is 15.7 Å². The van der Waals surface area contributed by atoms with E-state index in [-0.39, 0.29) is 5.52 Å². The van der Waals surface area contributed by atoms with Crippen molar-refractivity contribution < 1.29 is 8.78 Å². The van der Waals surface area contributed by atoms with Gasteiger partial charge in [-0.05, 0) is 30.7 Å². The maximum absolute atomic E-state index is 13.4. The zero-order chi connectivity index (χ0) is 11.1. The lowest BCUT2D eigenvalue weighted by Crippen LogP contribution is -1.90. The summed E-state index contributed by atoms with van der Waals surface area (Å²) < 4.78 is 26.4. The fraction of sp³-hybridized carbons (Fsp3) is 0.364. The monoisotopic (exact) mass is 240 g/mol. The van der Waals surface area contributed by atoms with E-state index in [0.717, 1.165) is 30.5 Å². The number of H-pyrrole nitrogens is 1. The van der Waals surface area contributed by atoms with Crippen LogP contribution in [0, 0.1) is 11.6 Å². The van der Waals surface area contributed by atoms with Crippen LogP contribution in [0.3, 0.4) is 0 Å². The highest BCUT2D eigenvalue weighted by Crippen LogP contribution is 2.39. The Balaban J connectivity index is 2.11. The van der Waals surface area contributed by atoms with Crippen molar-refractivity contribution in [3.8, 4) is 0 Å². The molecule has 2 aromatic rings. The second-order valence-electron chi connectivity index (χ2n) is 3.88. The number of nitrogens with one attached hydrogen (secondary N) is 1. The van der Waals surface area contributed by atoms with Crippen LogP contribution in [0.4, 0.5) is 8.78 Å². The predicted molar refractivity (Wildman–Crippen MR) is 60.4 cm³/mol. The SMILES string of the molecule is Fc1ccc2[nH]c(C3CCCS3)nc2c1F. The van der Waals surface area contributed by atoms with Gasteiger partial charge >= 0.3 is 0 Å². The quantitative estimate of drug-likeness (QED) is 0.827. The van der Waals surface area contributed by atoms with Crippen molar-refractivity contribution in [2.45, 2.75) is 18.1 Å². The van der Waals surface area contributed by atoms with Gasteiger partial charge in [0, 0.05) is 0 Å². The van der Waals surface area contributed by atoms with E-state index in [4.69, 9.17) is 0 Å². The van der Waals surface area contributed by atoms with Crippen molar-refractivity contribution in [1.29, 1.82) is 0 Å². The number of rotatable bonds is 1. The van der Waals surface area contributed by atoms with Crippen LogP contribution in [0.5, 0.6) is 0 Å². The normalized spacial score (nSPS) is 20.8. The number of hydrogen-bond acceptors (Lipinski definition) is 2. The zero-order valence-corrected chi connectivity index (χ0v) is 9.28. The van der Waals surface area contributed by atoms with Crippen molar-refractivity contribution in [1.82, 2.24) is 9.97 Å². The van der Waals surface area contributed by atoms with Gasteiger partial charge in [-0.3, -0.25) is 0 Å². The van der Waals surface area contributed by atoms with E-state index in [1.807, 2.05) is 11.8 Å². The summed E-state index contributed by atoms with van der Waals surface area (Å²) in [7, 11) is 0. The first kappa shape index (κ1) is 10.1. The van der Waals surface area contributed by atoms with Gasteiger partial charge in [-0.2, -0.15) is 11.8 Å². The van der Waals surface area contributed by atoms with Crippen LogP contribution in [-0.2, 0) is 0 Å². The van der Waals surface area contributed by atoms with E-state index < -0.39 is 11.6 Å². The van der Waals surface area contributed by atoms with Gasteiger partial charge in [0.05, 0.1) is 10.8 Å². The molecule has 0 radical (unpaired) electrons. The molecule has 16 heavy (non-hydrogen) atoms. The maximum atomic E-state index is 13.4. The van der Waals surface area contributed by atoms with Crippen LogP contribution in [0.1, 0.15) is 23.9 Å². The number of thioether (sulfide) groups is 1. The fourth-order valence-corrected chi connectivity index (χ4v) is 3.20. The number of hydrogen-bond donors (Lipinski definition) is 1. The molecule has 1 atom stereocenters. The average Bonchev–Trinajstić information content (AvgIpc) is 2.91. The summed E-state index contributed by atoms with van der Waals surface area (Å²) in [5.41, 5.74) is 0.684. The molecule has 3 rings (SSSR count). The smallest absolute Gasteiger partial charge is 0.186 e. The minimum absolute atomic E-state index is 0.113. The van der Waals surface area contributed by atoms with Crippen LogP contribution in [0.25, 0.3) is 11.0 Å². The lowest BCUT2D eigenvalue weighted by Gasteiger charge is -2.01. The third-order valence-corrected chi connectivity index (χ3v) is 4.18. The first-order valence-corrected chi connectivity index (χ1v) is 6.26. The average molecular weight is 240 g/mol. The Morgan fingerprint density at radius 2 is 2.25 bits per heavy atom. The van der Waals surface area contributed by atoms with Gasteiger partial charge < -0.3 is 4.98 Å². The predicted octanol–water partition coefficient (Wildman–Crippen LogP) is 3.41. The van der Waals surface area contributed by atoms with Crippen molar-refractivity contribution in [2.75, 3.05) is 5.75 Å². The van der Waals surface area contributed by atoms with Gasteiger partial charge in [0.2, 0.25) is 0 Å². The van der Waals surface area contributed by atoms with E-state index in [0.29, 0.717) is 10.8 Å². The Kier molecular flexibility index (Phi) is 2.35. The highest BCUT2D eigenvalue weighted by Gasteiger charge is 2.22. The third-order valence-electron chi connectivity index (χ3n) is 2.80. The largest absolute Gasteiger partial charge is 0.341 e. The molecule has 0 spiro atoms. The molecule has 0 saturated carbocycles. The van der Waals surface area contributed by atoms with Crippen molar-refractivity contribution >= 4 is 22.8 Å². The van der Waals surface area contributed by atoms with Crippen LogP contribution in [0.15, 0.2) is 12.1 Å². The summed E-state index contributed by atoms with van der Waals surface area (Å²) in [6.07, 6.45) is 2.21. The minimum Gasteiger partial charge on any atom is -0.341 e. The number of nitrogens with zero attached hydrogens (tertiary/aromatic N) is 1. The highest BCUT2D eigenvalue weighted by atomic mass is 32.2. The van der Waals surface area contributed by atoms with Crippen molar-refractivity contribution in [3.63, 3.8) is 0 Å². The van der Waals surface area contributed by atoms with Crippen LogP contribution >= 0.6 is 11.8 Å². The molecule has 2 nitrogen and oxygen atoms in total. The molecule has 1 aromatic carbocycles. The van der Waals surface area contributed by atoms with Gasteiger partial charge in [0.1, 0.15) is 11.3 Å². The molecule has 0 bridgehead atoms. The van der Waals surface area contributed by atoms with E-state index in [1.54, 1.807) is 0 Å². The summed E-state index contributed by atoms with van der Waals surface area (Å²) in [6.45, 7) is 0. The Morgan fingerprint density at radius 3 is 3.00 bits per heavy atom. The Bertz CT molecular complexity index is 532. The molecule has 1 N–H and O–H groups in total. The number of halogens is 2. The second-order valence-corrected chi connectivity index (χ2v) is 5.19. The molecule has 5 heteroatoms. The molecule has 1 saturated heterocycles. The molecule has 84 valence electrons. The highest BCUT2D eigenvalue weighted by molar-refractivity contribution is 7.99. The molecular weight excluding hydrogens is 230 g/mol. The first-order chi connectivity index (χ1) is 7.75. The number of fused-ring (bicyclic) bond motifs is 1. The van der Waals surface area contributed by atoms with Crippen LogP contribution in [0.2, 0.25) is 0 Å². The maximum Gasteiger partial charge on any atom is 0.186 e. The third kappa shape index (κ3) is 1.50. The molecule has 0 amide bonds. The molecule has 2 heterocycles. The van der Waals surface area contributed by atoms with Crippen molar-refractivity contribution in [2.24, 2.45) is 0 Å². The summed E-state index contributed by atoms with van der Waals surface area (Å²) in [6, 6.07) is 2.66. The molecular formula is C11H10F2N2S. The van der Waals surface area contributed by atoms with Gasteiger partial charge in [-0.25, -0.2) is 13.8 Å². The van der Waals surface area contributed by atoms with Gasteiger partial charge in [-0.15, -0.1) is 0 Å². The molecule has 0 aliphatic carbocycles. The summed E-state index contributed by atoms with van der Waals surface area (Å²) in [4.78, 5) is 7.23. The van der Waals surface area contributed by atoms with Crippen LogP contribution < -0.4 is 0 Å². The molecule has 1 fully saturated rings. The molecule has 1 aromatic heterocycles. The van der Waals surface area contributed by atoms with E-state index in [1.165, 1.54) is 6.07 Å². The Hall–Kier alpha value is -1.10.